The summed E-state index contributed by atoms with van der Waals surface area (Å²) in [5.41, 5.74) is -0.712. The molecule has 0 unspecified atom stereocenters. The van der Waals surface area contributed by atoms with Gasteiger partial charge in [-0.3, -0.25) is 4.68 Å². The minimum absolute atomic E-state index is 0.153. The van der Waals surface area contributed by atoms with E-state index in [4.69, 9.17) is 0 Å². The lowest BCUT2D eigenvalue weighted by molar-refractivity contribution is -0.145. The molecule has 20 heavy (non-hydrogen) atoms. The number of likely N-dealkylation sites (N-methyl/N-ethyl adjacent to an activating group) is 1. The highest BCUT2D eigenvalue weighted by Gasteiger charge is 2.38. The summed E-state index contributed by atoms with van der Waals surface area (Å²) in [6, 6.07) is 0. The molecule has 0 spiro atoms. The van der Waals surface area contributed by atoms with Crippen molar-refractivity contribution in [3.63, 3.8) is 0 Å². The Kier molecular flexibility index (Phi) is 5.21. The van der Waals surface area contributed by atoms with Crippen molar-refractivity contribution in [3.05, 3.63) is 17.5 Å². The SMILES string of the molecule is CN(C)CCn1ncc(CNC(C)(C)C)c1C(F)(F)F. The lowest BCUT2D eigenvalue weighted by atomic mass is 10.1. The Balaban J connectivity index is 2.95. The maximum Gasteiger partial charge on any atom is 0.433 e. The molecule has 0 amide bonds. The fourth-order valence-corrected chi connectivity index (χ4v) is 1.71. The summed E-state index contributed by atoms with van der Waals surface area (Å²) in [6.07, 6.45) is -3.09. The van der Waals surface area contributed by atoms with Crippen LogP contribution < -0.4 is 5.32 Å². The molecule has 0 aliphatic carbocycles. The molecule has 1 heterocycles. The van der Waals surface area contributed by atoms with Crippen molar-refractivity contribution in [1.82, 2.24) is 20.0 Å². The van der Waals surface area contributed by atoms with Gasteiger partial charge in [0, 0.05) is 24.2 Å². The second kappa shape index (κ2) is 6.13. The summed E-state index contributed by atoms with van der Waals surface area (Å²) in [7, 11) is 3.64. The lowest BCUT2D eigenvalue weighted by Crippen LogP contribution is -2.35. The molecule has 0 aliphatic heterocycles. The first-order chi connectivity index (χ1) is 9.00. The van der Waals surface area contributed by atoms with E-state index in [2.05, 4.69) is 10.4 Å². The molecule has 1 rings (SSSR count). The Morgan fingerprint density at radius 3 is 2.30 bits per heavy atom. The third-order valence-corrected chi connectivity index (χ3v) is 2.75. The first kappa shape index (κ1) is 17.0. The molecule has 0 saturated heterocycles. The maximum atomic E-state index is 13.2. The van der Waals surface area contributed by atoms with Gasteiger partial charge < -0.3 is 10.2 Å². The average Bonchev–Trinajstić information content (AvgIpc) is 2.65. The van der Waals surface area contributed by atoms with Crippen LogP contribution in [0.25, 0.3) is 0 Å². The normalized spacial score (nSPS) is 13.2. The van der Waals surface area contributed by atoms with Crippen molar-refractivity contribution >= 4 is 0 Å². The quantitative estimate of drug-likeness (QED) is 0.904. The number of halogens is 3. The van der Waals surface area contributed by atoms with Gasteiger partial charge in [-0.25, -0.2) is 0 Å². The zero-order valence-corrected chi connectivity index (χ0v) is 12.7. The Morgan fingerprint density at radius 2 is 1.85 bits per heavy atom. The lowest BCUT2D eigenvalue weighted by Gasteiger charge is -2.21. The summed E-state index contributed by atoms with van der Waals surface area (Å²) < 4.78 is 40.6. The average molecular weight is 292 g/mol. The van der Waals surface area contributed by atoms with Gasteiger partial charge in [-0.15, -0.1) is 0 Å². The van der Waals surface area contributed by atoms with E-state index < -0.39 is 11.9 Å². The van der Waals surface area contributed by atoms with Gasteiger partial charge in [0.1, 0.15) is 5.69 Å². The number of alkyl halides is 3. The number of nitrogens with zero attached hydrogens (tertiary/aromatic N) is 3. The fourth-order valence-electron chi connectivity index (χ4n) is 1.71. The summed E-state index contributed by atoms with van der Waals surface area (Å²) >= 11 is 0. The maximum absolute atomic E-state index is 13.2. The van der Waals surface area contributed by atoms with Gasteiger partial charge in [0.15, 0.2) is 0 Å². The van der Waals surface area contributed by atoms with E-state index in [1.54, 1.807) is 0 Å². The largest absolute Gasteiger partial charge is 0.433 e. The van der Waals surface area contributed by atoms with Crippen molar-refractivity contribution in [1.29, 1.82) is 0 Å². The molecule has 4 nitrogen and oxygen atoms in total. The van der Waals surface area contributed by atoms with Crippen LogP contribution in [0.2, 0.25) is 0 Å². The van der Waals surface area contributed by atoms with Gasteiger partial charge in [0.05, 0.1) is 12.7 Å². The Morgan fingerprint density at radius 1 is 1.25 bits per heavy atom. The molecular formula is C13H23F3N4. The van der Waals surface area contributed by atoms with E-state index >= 15 is 0 Å². The third-order valence-electron chi connectivity index (χ3n) is 2.75. The summed E-state index contributed by atoms with van der Waals surface area (Å²) in [6.45, 7) is 6.62. The standard InChI is InChI=1S/C13H23F3N4/c1-12(2,3)17-8-10-9-18-20(7-6-19(4)5)11(10)13(14,15)16/h9,17H,6-8H2,1-5H3. The fraction of sp³-hybridized carbons (Fsp3) is 0.769. The Hall–Kier alpha value is -1.08. The zero-order chi connectivity index (χ0) is 15.6. The van der Waals surface area contributed by atoms with Crippen molar-refractivity contribution in [2.75, 3.05) is 20.6 Å². The second-order valence-corrected chi connectivity index (χ2v) is 6.15. The van der Waals surface area contributed by atoms with Crippen molar-refractivity contribution in [2.45, 2.75) is 45.6 Å². The van der Waals surface area contributed by atoms with Gasteiger partial charge in [-0.2, -0.15) is 18.3 Å². The minimum atomic E-state index is -4.39. The summed E-state index contributed by atoms with van der Waals surface area (Å²) in [5, 5.41) is 6.95. The highest BCUT2D eigenvalue weighted by molar-refractivity contribution is 5.21. The van der Waals surface area contributed by atoms with Gasteiger partial charge in [0.25, 0.3) is 0 Å². The van der Waals surface area contributed by atoms with Crippen molar-refractivity contribution < 1.29 is 13.2 Å². The highest BCUT2D eigenvalue weighted by atomic mass is 19.4. The second-order valence-electron chi connectivity index (χ2n) is 6.15. The molecule has 0 radical (unpaired) electrons. The molecule has 0 bridgehead atoms. The minimum Gasteiger partial charge on any atom is -0.308 e. The van der Waals surface area contributed by atoms with Crippen LogP contribution in [-0.2, 0) is 19.3 Å². The van der Waals surface area contributed by atoms with Gasteiger partial charge in [0.2, 0.25) is 0 Å². The smallest absolute Gasteiger partial charge is 0.308 e. The monoisotopic (exact) mass is 292 g/mol. The number of hydrogen-bond donors (Lipinski definition) is 1. The molecule has 0 aromatic carbocycles. The number of nitrogens with one attached hydrogen (secondary N) is 1. The topological polar surface area (TPSA) is 33.1 Å². The van der Waals surface area contributed by atoms with Crippen LogP contribution in [0.1, 0.15) is 32.0 Å². The Bertz CT molecular complexity index is 430. The van der Waals surface area contributed by atoms with Crippen LogP contribution in [0.15, 0.2) is 6.20 Å². The van der Waals surface area contributed by atoms with E-state index in [0.717, 1.165) is 4.68 Å². The van der Waals surface area contributed by atoms with Crippen LogP contribution in [-0.4, -0.2) is 40.9 Å². The number of aromatic nitrogens is 2. The first-order valence-corrected chi connectivity index (χ1v) is 6.52. The molecular weight excluding hydrogens is 269 g/mol. The van der Waals surface area contributed by atoms with E-state index in [1.807, 2.05) is 39.8 Å². The van der Waals surface area contributed by atoms with Gasteiger partial charge in [-0.1, -0.05) is 0 Å². The van der Waals surface area contributed by atoms with Gasteiger partial charge >= 0.3 is 6.18 Å². The van der Waals surface area contributed by atoms with Crippen molar-refractivity contribution in [2.24, 2.45) is 0 Å². The van der Waals surface area contributed by atoms with Crippen LogP contribution in [0.3, 0.4) is 0 Å². The molecule has 0 fully saturated rings. The van der Waals surface area contributed by atoms with E-state index in [1.165, 1.54) is 6.20 Å². The van der Waals surface area contributed by atoms with Crippen LogP contribution in [0, 0.1) is 0 Å². The van der Waals surface area contributed by atoms with E-state index in [9.17, 15) is 13.2 Å². The third kappa shape index (κ3) is 5.13. The molecule has 116 valence electrons. The van der Waals surface area contributed by atoms with E-state index in [-0.39, 0.29) is 24.2 Å². The predicted molar refractivity (Wildman–Crippen MR) is 72.4 cm³/mol. The molecule has 1 N–H and O–H groups in total. The molecule has 1 aromatic heterocycles. The van der Waals surface area contributed by atoms with Gasteiger partial charge in [-0.05, 0) is 34.9 Å². The van der Waals surface area contributed by atoms with Crippen LogP contribution in [0.4, 0.5) is 13.2 Å². The van der Waals surface area contributed by atoms with Crippen LogP contribution in [0.5, 0.6) is 0 Å². The summed E-state index contributed by atoms with van der Waals surface area (Å²) in [4.78, 5) is 1.83. The molecule has 0 saturated carbocycles. The molecule has 0 atom stereocenters. The highest BCUT2D eigenvalue weighted by Crippen LogP contribution is 2.32. The predicted octanol–water partition coefficient (Wildman–Crippen LogP) is 2.35. The molecule has 1 aromatic rings. The molecule has 0 aliphatic rings. The van der Waals surface area contributed by atoms with Crippen LogP contribution >= 0.6 is 0 Å². The number of hydrogen-bond acceptors (Lipinski definition) is 3. The van der Waals surface area contributed by atoms with E-state index in [0.29, 0.717) is 6.54 Å². The zero-order valence-electron chi connectivity index (χ0n) is 12.7. The summed E-state index contributed by atoms with van der Waals surface area (Å²) in [5.74, 6) is 0. The number of rotatable bonds is 5. The van der Waals surface area contributed by atoms with Crippen molar-refractivity contribution in [3.8, 4) is 0 Å². The molecule has 7 heteroatoms. The first-order valence-electron chi connectivity index (χ1n) is 6.52. The Labute approximate surface area is 117 Å².